The molecule has 0 aliphatic carbocycles. The van der Waals surface area contributed by atoms with Crippen LogP contribution < -0.4 is 10.5 Å². The molecule has 0 aromatic carbocycles. The van der Waals surface area contributed by atoms with Gasteiger partial charge in [-0.2, -0.15) is 0 Å². The number of nitrogens with two attached hydrogens (primary N) is 1. The predicted molar refractivity (Wildman–Crippen MR) is 97.0 cm³/mol. The number of hydrogen-bond donors (Lipinski definition) is 2. The first-order valence-corrected chi connectivity index (χ1v) is 10.8. The zero-order valence-corrected chi connectivity index (χ0v) is 16.2. The molecule has 12 heteroatoms. The van der Waals surface area contributed by atoms with Gasteiger partial charge in [0.25, 0.3) is 10.0 Å². The van der Waals surface area contributed by atoms with E-state index in [0.717, 1.165) is 30.0 Å². The second-order valence-electron chi connectivity index (χ2n) is 5.85. The van der Waals surface area contributed by atoms with Crippen LogP contribution in [0.5, 0.6) is 0 Å². The summed E-state index contributed by atoms with van der Waals surface area (Å²) in [7, 11) is -3.90. The van der Waals surface area contributed by atoms with Crippen LogP contribution in [0.15, 0.2) is 10.5 Å². The van der Waals surface area contributed by atoms with Crippen molar-refractivity contribution in [1.29, 1.82) is 0 Å². The van der Waals surface area contributed by atoms with E-state index in [9.17, 15) is 13.2 Å². The van der Waals surface area contributed by atoms with Crippen LogP contribution in [0, 0.1) is 0 Å². The molecule has 2 heterocycles. The summed E-state index contributed by atoms with van der Waals surface area (Å²) >= 11 is 0.719. The van der Waals surface area contributed by atoms with Gasteiger partial charge in [0.2, 0.25) is 15.4 Å². The number of nitrogens with one attached hydrogen (secondary N) is 1. The molecule has 3 N–H and O–H groups in total. The lowest BCUT2D eigenvalue weighted by Gasteiger charge is -2.00. The fourth-order valence-electron chi connectivity index (χ4n) is 2.25. The molecule has 0 bridgehead atoms. The van der Waals surface area contributed by atoms with Gasteiger partial charge in [-0.1, -0.05) is 42.7 Å². The minimum atomic E-state index is -3.90. The molecule has 0 unspecified atom stereocenters. The summed E-state index contributed by atoms with van der Waals surface area (Å²) in [5, 5.41) is 22.8. The summed E-state index contributed by atoms with van der Waals surface area (Å²) in [6, 6.07) is 0. The lowest BCUT2D eigenvalue weighted by Crippen LogP contribution is -2.11. The number of carbonyl (C=O) groups excluding carboxylic acids is 1. The number of anilines is 1. The van der Waals surface area contributed by atoms with E-state index in [1.165, 1.54) is 19.3 Å². The molecule has 0 aliphatic rings. The zero-order chi connectivity index (χ0) is 19.0. The van der Waals surface area contributed by atoms with E-state index < -0.39 is 10.0 Å². The molecule has 10 nitrogen and oxygen atoms in total. The largest absolute Gasteiger partial charge is 0.301 e. The van der Waals surface area contributed by atoms with Gasteiger partial charge in [-0.15, -0.1) is 15.3 Å². The van der Waals surface area contributed by atoms with E-state index in [0.29, 0.717) is 12.8 Å². The van der Waals surface area contributed by atoms with Crippen molar-refractivity contribution in [3.8, 4) is 0 Å². The van der Waals surface area contributed by atoms with Crippen LogP contribution >= 0.6 is 11.3 Å². The molecule has 0 saturated carbocycles. The molecule has 2 aromatic rings. The Morgan fingerprint density at radius 3 is 2.73 bits per heavy atom. The summed E-state index contributed by atoms with van der Waals surface area (Å²) in [6.07, 6.45) is 8.10. The Morgan fingerprint density at radius 2 is 2.04 bits per heavy atom. The normalized spacial score (nSPS) is 11.6. The van der Waals surface area contributed by atoms with Crippen molar-refractivity contribution in [3.63, 3.8) is 0 Å². The van der Waals surface area contributed by atoms with E-state index in [1.54, 1.807) is 0 Å². The SMILES string of the molecule is CCCCCCn1cc(CCCC(=O)Nc2nnc(S(N)(=O)=O)s2)nn1. The van der Waals surface area contributed by atoms with Crippen molar-refractivity contribution < 1.29 is 13.2 Å². The third-order valence-corrected chi connectivity index (χ3v) is 5.71. The highest BCUT2D eigenvalue weighted by atomic mass is 32.2. The van der Waals surface area contributed by atoms with Gasteiger partial charge in [-0.05, 0) is 19.3 Å². The molecule has 0 fully saturated rings. The molecule has 144 valence electrons. The van der Waals surface area contributed by atoms with Crippen LogP contribution in [-0.2, 0) is 27.8 Å². The van der Waals surface area contributed by atoms with Gasteiger partial charge in [0.1, 0.15) is 0 Å². The Morgan fingerprint density at radius 1 is 1.23 bits per heavy atom. The van der Waals surface area contributed by atoms with Crippen molar-refractivity contribution in [2.24, 2.45) is 5.14 Å². The highest BCUT2D eigenvalue weighted by Gasteiger charge is 2.16. The number of aromatic nitrogens is 5. The second-order valence-corrected chi connectivity index (χ2v) is 8.57. The highest BCUT2D eigenvalue weighted by Crippen LogP contribution is 2.18. The Bertz CT molecular complexity index is 816. The molecule has 0 atom stereocenters. The highest BCUT2D eigenvalue weighted by molar-refractivity contribution is 7.91. The average molecular weight is 402 g/mol. The summed E-state index contributed by atoms with van der Waals surface area (Å²) in [5.74, 6) is -0.269. The predicted octanol–water partition coefficient (Wildman–Crippen LogP) is 1.32. The molecule has 2 aromatic heterocycles. The van der Waals surface area contributed by atoms with Gasteiger partial charge >= 0.3 is 0 Å². The van der Waals surface area contributed by atoms with Crippen molar-refractivity contribution in [2.45, 2.75) is 62.8 Å². The van der Waals surface area contributed by atoms with Crippen LogP contribution in [0.4, 0.5) is 5.13 Å². The Balaban J connectivity index is 1.70. The molecule has 0 spiro atoms. The quantitative estimate of drug-likeness (QED) is 0.426. The monoisotopic (exact) mass is 401 g/mol. The van der Waals surface area contributed by atoms with E-state index in [4.69, 9.17) is 5.14 Å². The number of carbonyl (C=O) groups is 1. The first kappa shape index (κ1) is 20.4. The Hall–Kier alpha value is -1.92. The third-order valence-electron chi connectivity index (χ3n) is 3.56. The van der Waals surface area contributed by atoms with E-state index in [-0.39, 0.29) is 21.8 Å². The minimum Gasteiger partial charge on any atom is -0.301 e. The maximum Gasteiger partial charge on any atom is 0.267 e. The Labute approximate surface area is 156 Å². The number of unbranched alkanes of at least 4 members (excludes halogenated alkanes) is 3. The summed E-state index contributed by atoms with van der Waals surface area (Å²) in [4.78, 5) is 11.9. The number of sulfonamides is 1. The van der Waals surface area contributed by atoms with Crippen LogP contribution in [0.2, 0.25) is 0 Å². The lowest BCUT2D eigenvalue weighted by atomic mass is 10.2. The van der Waals surface area contributed by atoms with Crippen molar-refractivity contribution in [3.05, 3.63) is 11.9 Å². The smallest absolute Gasteiger partial charge is 0.267 e. The molecule has 0 saturated heterocycles. The maximum absolute atomic E-state index is 11.9. The van der Waals surface area contributed by atoms with Gasteiger partial charge in [0.15, 0.2) is 0 Å². The summed E-state index contributed by atoms with van der Waals surface area (Å²) in [6.45, 7) is 3.03. The number of nitrogens with zero attached hydrogens (tertiary/aromatic N) is 5. The van der Waals surface area contributed by atoms with Crippen molar-refractivity contribution >= 4 is 32.4 Å². The van der Waals surface area contributed by atoms with Crippen molar-refractivity contribution in [1.82, 2.24) is 25.2 Å². The second kappa shape index (κ2) is 9.69. The first-order chi connectivity index (χ1) is 12.4. The third kappa shape index (κ3) is 6.77. The number of amides is 1. The number of rotatable bonds is 11. The van der Waals surface area contributed by atoms with E-state index in [2.05, 4.69) is 32.7 Å². The van der Waals surface area contributed by atoms with Gasteiger partial charge in [0.05, 0.1) is 5.69 Å². The number of primary sulfonamides is 1. The van der Waals surface area contributed by atoms with Crippen LogP contribution in [-0.4, -0.2) is 39.5 Å². The van der Waals surface area contributed by atoms with E-state index >= 15 is 0 Å². The van der Waals surface area contributed by atoms with Crippen molar-refractivity contribution in [2.75, 3.05) is 5.32 Å². The van der Waals surface area contributed by atoms with E-state index in [1.807, 2.05) is 10.9 Å². The molecular weight excluding hydrogens is 378 g/mol. The number of aryl methyl sites for hydroxylation is 2. The number of hydrogen-bond acceptors (Lipinski definition) is 8. The average Bonchev–Trinajstić information content (AvgIpc) is 3.21. The standard InChI is InChI=1S/C14H23N7O3S2/c1-2-3-4-5-9-21-10-11(17-20-21)7-6-8-12(22)16-13-18-19-14(25-13)26(15,23)24/h10H,2-9H2,1H3,(H2,15,23,24)(H,16,18,22). The fraction of sp³-hybridized carbons (Fsp3) is 0.643. The maximum atomic E-state index is 11.9. The van der Waals surface area contributed by atoms with Gasteiger partial charge in [-0.25, -0.2) is 13.6 Å². The van der Waals surface area contributed by atoms with Crippen LogP contribution in [0.3, 0.4) is 0 Å². The Kier molecular flexibility index (Phi) is 7.60. The van der Waals surface area contributed by atoms with Gasteiger partial charge in [-0.3, -0.25) is 9.48 Å². The van der Waals surface area contributed by atoms with Gasteiger partial charge in [0, 0.05) is 19.2 Å². The fourth-order valence-corrected chi connectivity index (χ4v) is 3.60. The molecule has 26 heavy (non-hydrogen) atoms. The molecule has 0 aliphatic heterocycles. The molecule has 1 amide bonds. The zero-order valence-electron chi connectivity index (χ0n) is 14.6. The van der Waals surface area contributed by atoms with Gasteiger partial charge < -0.3 is 5.32 Å². The van der Waals surface area contributed by atoms with Crippen LogP contribution in [0.1, 0.15) is 51.1 Å². The lowest BCUT2D eigenvalue weighted by molar-refractivity contribution is -0.116. The summed E-state index contributed by atoms with van der Waals surface area (Å²) in [5.41, 5.74) is 0.848. The topological polar surface area (TPSA) is 146 Å². The first-order valence-electron chi connectivity index (χ1n) is 8.43. The molecule has 2 rings (SSSR count). The van der Waals surface area contributed by atoms with Crippen LogP contribution in [0.25, 0.3) is 0 Å². The molecule has 0 radical (unpaired) electrons. The minimum absolute atomic E-state index is 0.108. The molecular formula is C14H23N7O3S2. The summed E-state index contributed by atoms with van der Waals surface area (Å²) < 4.78 is 23.7.